The lowest BCUT2D eigenvalue weighted by atomic mass is 9.94. The van der Waals surface area contributed by atoms with E-state index in [1.807, 2.05) is 51.1 Å². The Morgan fingerprint density at radius 1 is 0.974 bits per heavy atom. The summed E-state index contributed by atoms with van der Waals surface area (Å²) in [6.07, 6.45) is 0. The fourth-order valence-corrected chi connectivity index (χ4v) is 5.08. The van der Waals surface area contributed by atoms with Crippen molar-refractivity contribution in [2.45, 2.75) is 33.4 Å². The number of amides is 1. The normalized spacial score (nSPS) is 16.8. The minimum atomic E-state index is -0.801. The quantitative estimate of drug-likeness (QED) is 0.169. The van der Waals surface area contributed by atoms with E-state index in [-0.39, 0.29) is 11.3 Å². The fourth-order valence-electron chi connectivity index (χ4n) is 4.78. The number of ether oxygens (including phenoxy) is 1. The number of hydrogen-bond donors (Lipinski definition) is 1. The summed E-state index contributed by atoms with van der Waals surface area (Å²) >= 11 is 12.5. The van der Waals surface area contributed by atoms with Gasteiger partial charge in [0.2, 0.25) is 0 Å². The van der Waals surface area contributed by atoms with Crippen molar-refractivity contribution in [2.75, 3.05) is 26.2 Å². The molecule has 0 saturated carbocycles. The van der Waals surface area contributed by atoms with Gasteiger partial charge in [-0.05, 0) is 67.0 Å². The molecule has 1 saturated heterocycles. The Balaban J connectivity index is 1.71. The van der Waals surface area contributed by atoms with Gasteiger partial charge in [-0.3, -0.25) is 9.59 Å². The average Bonchev–Trinajstić information content (AvgIpc) is 3.19. The number of ketones is 1. The summed E-state index contributed by atoms with van der Waals surface area (Å²) < 4.78 is 5.97. The molecule has 6 nitrogen and oxygen atoms in total. The molecule has 1 aliphatic heterocycles. The van der Waals surface area contributed by atoms with E-state index in [9.17, 15) is 14.7 Å². The Labute approximate surface area is 239 Å². The molecule has 39 heavy (non-hydrogen) atoms. The highest BCUT2D eigenvalue weighted by atomic mass is 35.5. The van der Waals surface area contributed by atoms with Crippen LogP contribution in [0.3, 0.4) is 0 Å². The number of rotatable bonds is 10. The lowest BCUT2D eigenvalue weighted by molar-refractivity contribution is -0.140. The maximum absolute atomic E-state index is 13.4. The Morgan fingerprint density at radius 3 is 2.33 bits per heavy atom. The zero-order valence-corrected chi connectivity index (χ0v) is 23.8. The van der Waals surface area contributed by atoms with E-state index in [0.29, 0.717) is 46.6 Å². The van der Waals surface area contributed by atoms with Crippen molar-refractivity contribution in [2.24, 2.45) is 0 Å². The Bertz CT molecular complexity index is 1390. The smallest absolute Gasteiger partial charge is 0.295 e. The number of likely N-dealkylation sites (N-methyl/N-ethyl adjacent to an activating group) is 1. The van der Waals surface area contributed by atoms with Crippen LogP contribution in [0.4, 0.5) is 0 Å². The van der Waals surface area contributed by atoms with Crippen molar-refractivity contribution in [1.82, 2.24) is 9.80 Å². The van der Waals surface area contributed by atoms with E-state index in [4.69, 9.17) is 27.9 Å². The molecule has 1 heterocycles. The van der Waals surface area contributed by atoms with Crippen LogP contribution in [0.5, 0.6) is 5.75 Å². The van der Waals surface area contributed by atoms with E-state index < -0.39 is 17.7 Å². The van der Waals surface area contributed by atoms with Crippen LogP contribution in [-0.2, 0) is 16.2 Å². The highest BCUT2D eigenvalue weighted by Gasteiger charge is 2.46. The first kappa shape index (κ1) is 28.7. The number of carbonyl (C=O) groups excluding carboxylic acids is 2. The molecular weight excluding hydrogens is 535 g/mol. The molecule has 4 rings (SSSR count). The first-order valence-corrected chi connectivity index (χ1v) is 13.7. The number of nitrogens with zero attached hydrogens (tertiary/aromatic N) is 2. The van der Waals surface area contributed by atoms with Crippen LogP contribution in [-0.4, -0.2) is 52.8 Å². The van der Waals surface area contributed by atoms with Gasteiger partial charge < -0.3 is 19.6 Å². The molecule has 8 heteroatoms. The summed E-state index contributed by atoms with van der Waals surface area (Å²) in [5.74, 6) is -0.965. The number of aryl methyl sites for hydroxylation is 1. The average molecular weight is 568 g/mol. The number of aliphatic hydroxyl groups is 1. The van der Waals surface area contributed by atoms with Gasteiger partial charge in [-0.15, -0.1) is 0 Å². The number of aliphatic hydroxyl groups excluding tert-OH is 1. The third-order valence-corrected chi connectivity index (χ3v) is 7.78. The van der Waals surface area contributed by atoms with Gasteiger partial charge in [-0.2, -0.15) is 0 Å². The molecule has 0 bridgehead atoms. The minimum absolute atomic E-state index is 0.0234. The lowest BCUT2D eigenvalue weighted by Crippen LogP contribution is -2.38. The Hall–Kier alpha value is -3.32. The maximum atomic E-state index is 13.4. The van der Waals surface area contributed by atoms with Crippen LogP contribution in [0, 0.1) is 6.92 Å². The first-order chi connectivity index (χ1) is 18.7. The van der Waals surface area contributed by atoms with Gasteiger partial charge in [0, 0.05) is 18.7 Å². The number of halogens is 2. The van der Waals surface area contributed by atoms with Crippen LogP contribution in [0.25, 0.3) is 5.76 Å². The zero-order chi connectivity index (χ0) is 28.1. The molecule has 3 aromatic rings. The van der Waals surface area contributed by atoms with Crippen LogP contribution in [0.15, 0.2) is 72.3 Å². The first-order valence-electron chi connectivity index (χ1n) is 13.0. The number of likely N-dealkylation sites (tertiary alicyclic amines) is 1. The highest BCUT2D eigenvalue weighted by Crippen LogP contribution is 2.41. The van der Waals surface area contributed by atoms with E-state index in [1.165, 1.54) is 4.90 Å². The zero-order valence-electron chi connectivity index (χ0n) is 22.3. The van der Waals surface area contributed by atoms with E-state index >= 15 is 0 Å². The monoisotopic (exact) mass is 566 g/mol. The SMILES string of the molecule is CCN(CC)CCN1C(=O)C(=O)C(=C(O)c2ccc(OCc3ccccc3)c(C)c2)[C@@H]1c1ccc(Cl)c(Cl)c1. The summed E-state index contributed by atoms with van der Waals surface area (Å²) in [5.41, 5.74) is 2.87. The third-order valence-electron chi connectivity index (χ3n) is 7.04. The van der Waals surface area contributed by atoms with Crippen molar-refractivity contribution < 1.29 is 19.4 Å². The van der Waals surface area contributed by atoms with Crippen LogP contribution >= 0.6 is 23.2 Å². The summed E-state index contributed by atoms with van der Waals surface area (Å²) in [6, 6.07) is 19.2. The van der Waals surface area contributed by atoms with Gasteiger partial charge in [0.25, 0.3) is 11.7 Å². The molecule has 204 valence electrons. The molecule has 1 N–H and O–H groups in total. The molecular formula is C31H32Cl2N2O4. The van der Waals surface area contributed by atoms with Crippen LogP contribution in [0.2, 0.25) is 10.0 Å². The van der Waals surface area contributed by atoms with Gasteiger partial charge >= 0.3 is 0 Å². The molecule has 1 amide bonds. The number of hydrogen-bond acceptors (Lipinski definition) is 5. The molecule has 1 aliphatic rings. The summed E-state index contributed by atoms with van der Waals surface area (Å²) in [7, 11) is 0. The molecule has 1 atom stereocenters. The standard InChI is InChI=1S/C31H32Cl2N2O4/c1-4-34(5-2)15-16-35-28(22-11-13-24(32)25(33)18-22)27(30(37)31(35)38)29(36)23-12-14-26(20(3)17-23)39-19-21-9-7-6-8-10-21/h6-14,17-18,28,36H,4-5,15-16,19H2,1-3H3/t28-/m0/s1. The van der Waals surface area contributed by atoms with Crippen LogP contribution in [0.1, 0.15) is 42.1 Å². The predicted octanol–water partition coefficient (Wildman–Crippen LogP) is 6.64. The second-order valence-corrected chi connectivity index (χ2v) is 10.3. The van der Waals surface area contributed by atoms with Gasteiger partial charge in [-0.1, -0.05) is 73.4 Å². The van der Waals surface area contributed by atoms with Crippen molar-refractivity contribution in [3.05, 3.63) is 105 Å². The molecule has 1 fully saturated rings. The van der Waals surface area contributed by atoms with Gasteiger partial charge in [0.05, 0.1) is 21.7 Å². The number of carbonyl (C=O) groups is 2. The molecule has 0 aliphatic carbocycles. The number of benzene rings is 3. The summed E-state index contributed by atoms with van der Waals surface area (Å²) in [4.78, 5) is 30.3. The summed E-state index contributed by atoms with van der Waals surface area (Å²) in [5, 5.41) is 12.1. The van der Waals surface area contributed by atoms with Gasteiger partial charge in [-0.25, -0.2) is 0 Å². The molecule has 0 unspecified atom stereocenters. The maximum Gasteiger partial charge on any atom is 0.295 e. The van der Waals surface area contributed by atoms with E-state index in [0.717, 1.165) is 24.2 Å². The summed E-state index contributed by atoms with van der Waals surface area (Å²) in [6.45, 7) is 8.90. The largest absolute Gasteiger partial charge is 0.507 e. The van der Waals surface area contributed by atoms with E-state index in [1.54, 1.807) is 36.4 Å². The second-order valence-electron chi connectivity index (χ2n) is 9.45. The lowest BCUT2D eigenvalue weighted by Gasteiger charge is -2.28. The van der Waals surface area contributed by atoms with Gasteiger partial charge in [0.1, 0.15) is 18.1 Å². The predicted molar refractivity (Wildman–Crippen MR) is 155 cm³/mol. The van der Waals surface area contributed by atoms with Crippen molar-refractivity contribution in [3.63, 3.8) is 0 Å². The molecule has 0 spiro atoms. The molecule has 0 radical (unpaired) electrons. The fraction of sp³-hybridized carbons (Fsp3) is 0.290. The second kappa shape index (κ2) is 12.7. The topological polar surface area (TPSA) is 70.1 Å². The Morgan fingerprint density at radius 2 is 1.69 bits per heavy atom. The van der Waals surface area contributed by atoms with Crippen molar-refractivity contribution in [3.8, 4) is 5.75 Å². The minimum Gasteiger partial charge on any atom is -0.507 e. The Kier molecular flexibility index (Phi) is 9.33. The number of Topliss-reactive ketones (excluding diaryl/α,β-unsaturated/α-hetero) is 1. The van der Waals surface area contributed by atoms with Crippen LogP contribution < -0.4 is 4.74 Å². The molecule has 0 aromatic heterocycles. The van der Waals surface area contributed by atoms with Gasteiger partial charge in [0.15, 0.2) is 0 Å². The van der Waals surface area contributed by atoms with Crippen molar-refractivity contribution in [1.29, 1.82) is 0 Å². The van der Waals surface area contributed by atoms with Crippen molar-refractivity contribution >= 4 is 40.7 Å². The third kappa shape index (κ3) is 6.30. The molecule has 3 aromatic carbocycles. The highest BCUT2D eigenvalue weighted by molar-refractivity contribution is 6.46. The van der Waals surface area contributed by atoms with E-state index in [2.05, 4.69) is 4.90 Å².